The van der Waals surface area contributed by atoms with E-state index in [0.717, 1.165) is 42.9 Å². The quantitative estimate of drug-likeness (QED) is 0.266. The molecule has 0 unspecified atom stereocenters. The van der Waals surface area contributed by atoms with Crippen LogP contribution in [0.25, 0.3) is 11.0 Å². The number of rotatable bonds is 14. The zero-order valence-corrected chi connectivity index (χ0v) is 21.8. The molecule has 1 aromatic heterocycles. The smallest absolute Gasteiger partial charge is 0.254 e. The van der Waals surface area contributed by atoms with Crippen molar-refractivity contribution in [2.24, 2.45) is 5.92 Å². The van der Waals surface area contributed by atoms with E-state index in [0.29, 0.717) is 18.7 Å². The summed E-state index contributed by atoms with van der Waals surface area (Å²) in [6, 6.07) is 12.4. The van der Waals surface area contributed by atoms with Gasteiger partial charge in [0.2, 0.25) is 0 Å². The molecule has 3 rings (SSSR count). The molecule has 190 valence electrons. The number of amides is 1. The fraction of sp³-hybridized carbons (Fsp3) is 0.517. The monoisotopic (exact) mass is 480 g/mol. The van der Waals surface area contributed by atoms with Gasteiger partial charge in [-0.05, 0) is 61.2 Å². The van der Waals surface area contributed by atoms with Crippen LogP contribution in [-0.4, -0.2) is 33.4 Å². The van der Waals surface area contributed by atoms with Gasteiger partial charge in [-0.15, -0.1) is 0 Å². The number of nitrogens with one attached hydrogen (secondary N) is 1. The lowest BCUT2D eigenvalue weighted by Gasteiger charge is -2.25. The van der Waals surface area contributed by atoms with Gasteiger partial charge >= 0.3 is 0 Å². The van der Waals surface area contributed by atoms with Crippen molar-refractivity contribution in [2.75, 3.05) is 13.1 Å². The topological polar surface area (TPSA) is 50.2 Å². The standard InChI is InChI=1S/C29H41FN4O/c1-5-7-8-9-15-31-19-23-13-14-27-26(17-23)32-28(34(27)16-6-2)21-33(20-22(3)4)29(35)24-11-10-12-25(30)18-24/h10-14,17-18,22,31H,5-9,15-16,19-21H2,1-4H3. The van der Waals surface area contributed by atoms with Crippen LogP contribution in [0.4, 0.5) is 4.39 Å². The fourth-order valence-corrected chi connectivity index (χ4v) is 4.47. The Kier molecular flexibility index (Phi) is 10.3. The second-order valence-electron chi connectivity index (χ2n) is 9.83. The average molecular weight is 481 g/mol. The molecule has 0 saturated carbocycles. The first-order valence-electron chi connectivity index (χ1n) is 13.2. The predicted octanol–water partition coefficient (Wildman–Crippen LogP) is 6.55. The second kappa shape index (κ2) is 13.4. The molecule has 0 aliphatic rings. The number of carbonyl (C=O) groups excluding carboxylic acids is 1. The maximum atomic E-state index is 13.8. The molecule has 35 heavy (non-hydrogen) atoms. The third-order valence-electron chi connectivity index (χ3n) is 6.15. The Morgan fingerprint density at radius 1 is 1.09 bits per heavy atom. The SMILES string of the molecule is CCCCCCNCc1ccc2c(c1)nc(CN(CC(C)C)C(=O)c1cccc(F)c1)n2CCC. The highest BCUT2D eigenvalue weighted by atomic mass is 19.1. The molecule has 6 heteroatoms. The molecular weight excluding hydrogens is 439 g/mol. The van der Waals surface area contributed by atoms with Gasteiger partial charge in [-0.2, -0.15) is 0 Å². The molecule has 0 saturated heterocycles. The van der Waals surface area contributed by atoms with Crippen LogP contribution in [-0.2, 0) is 19.6 Å². The summed E-state index contributed by atoms with van der Waals surface area (Å²) < 4.78 is 16.0. The number of fused-ring (bicyclic) bond motifs is 1. The zero-order valence-electron chi connectivity index (χ0n) is 21.8. The predicted molar refractivity (Wildman–Crippen MR) is 142 cm³/mol. The summed E-state index contributed by atoms with van der Waals surface area (Å²) in [6.45, 7) is 12.2. The van der Waals surface area contributed by atoms with E-state index in [4.69, 9.17) is 4.98 Å². The summed E-state index contributed by atoms with van der Waals surface area (Å²) in [6.07, 6.45) is 6.00. The maximum Gasteiger partial charge on any atom is 0.254 e. The number of aromatic nitrogens is 2. The number of hydrogen-bond acceptors (Lipinski definition) is 3. The van der Waals surface area contributed by atoms with Gasteiger partial charge in [0.1, 0.15) is 11.6 Å². The van der Waals surface area contributed by atoms with Crippen molar-refractivity contribution in [3.05, 3.63) is 65.2 Å². The van der Waals surface area contributed by atoms with E-state index in [1.54, 1.807) is 17.0 Å². The molecule has 0 aliphatic heterocycles. The largest absolute Gasteiger partial charge is 0.331 e. The van der Waals surface area contributed by atoms with Gasteiger partial charge in [0.25, 0.3) is 5.91 Å². The molecule has 1 amide bonds. The first-order valence-corrected chi connectivity index (χ1v) is 13.2. The van der Waals surface area contributed by atoms with Gasteiger partial charge in [-0.3, -0.25) is 4.79 Å². The van der Waals surface area contributed by atoms with Gasteiger partial charge in [0, 0.05) is 25.2 Å². The Morgan fingerprint density at radius 3 is 2.63 bits per heavy atom. The lowest BCUT2D eigenvalue weighted by Crippen LogP contribution is -2.34. The number of benzene rings is 2. The molecule has 1 heterocycles. The second-order valence-corrected chi connectivity index (χ2v) is 9.83. The first kappa shape index (κ1) is 26.9. The van der Waals surface area contributed by atoms with Crippen molar-refractivity contribution in [1.82, 2.24) is 19.8 Å². The normalized spacial score (nSPS) is 11.5. The van der Waals surface area contributed by atoms with Crippen LogP contribution < -0.4 is 5.32 Å². The lowest BCUT2D eigenvalue weighted by molar-refractivity contribution is 0.0715. The van der Waals surface area contributed by atoms with Gasteiger partial charge in [0.05, 0.1) is 17.6 Å². The van der Waals surface area contributed by atoms with Crippen LogP contribution in [0.15, 0.2) is 42.5 Å². The molecule has 3 aromatic rings. The summed E-state index contributed by atoms with van der Waals surface area (Å²) in [5.41, 5.74) is 3.64. The van der Waals surface area contributed by atoms with Crippen LogP contribution in [0, 0.1) is 11.7 Å². The highest BCUT2D eigenvalue weighted by Crippen LogP contribution is 2.21. The molecule has 0 spiro atoms. The lowest BCUT2D eigenvalue weighted by atomic mass is 10.1. The minimum atomic E-state index is -0.398. The molecule has 2 aromatic carbocycles. The van der Waals surface area contributed by atoms with Crippen LogP contribution in [0.5, 0.6) is 0 Å². The Balaban J connectivity index is 1.81. The van der Waals surface area contributed by atoms with Gasteiger partial charge < -0.3 is 14.8 Å². The number of unbranched alkanes of at least 4 members (excludes halogenated alkanes) is 3. The zero-order chi connectivity index (χ0) is 25.2. The number of halogens is 1. The minimum absolute atomic E-state index is 0.165. The Bertz CT molecular complexity index is 1090. The van der Waals surface area contributed by atoms with Crippen LogP contribution in [0.3, 0.4) is 0 Å². The Morgan fingerprint density at radius 2 is 1.91 bits per heavy atom. The molecule has 0 fully saturated rings. The highest BCUT2D eigenvalue weighted by molar-refractivity contribution is 5.94. The van der Waals surface area contributed by atoms with E-state index in [1.165, 1.54) is 43.4 Å². The summed E-state index contributed by atoms with van der Waals surface area (Å²) in [5, 5.41) is 3.55. The van der Waals surface area contributed by atoms with Crippen molar-refractivity contribution in [3.8, 4) is 0 Å². The maximum absolute atomic E-state index is 13.8. The van der Waals surface area contributed by atoms with Gasteiger partial charge in [0.15, 0.2) is 0 Å². The van der Waals surface area contributed by atoms with Crippen molar-refractivity contribution < 1.29 is 9.18 Å². The molecular formula is C29H41FN4O. The molecule has 5 nitrogen and oxygen atoms in total. The van der Waals surface area contributed by atoms with Gasteiger partial charge in [-0.25, -0.2) is 9.37 Å². The van der Waals surface area contributed by atoms with Crippen molar-refractivity contribution in [3.63, 3.8) is 0 Å². The summed E-state index contributed by atoms with van der Waals surface area (Å²) in [7, 11) is 0. The van der Waals surface area contributed by atoms with E-state index in [2.05, 4.69) is 55.8 Å². The third-order valence-corrected chi connectivity index (χ3v) is 6.15. The van der Waals surface area contributed by atoms with Crippen LogP contribution in [0.1, 0.15) is 81.5 Å². The third kappa shape index (κ3) is 7.63. The van der Waals surface area contributed by atoms with Crippen LogP contribution in [0.2, 0.25) is 0 Å². The first-order chi connectivity index (χ1) is 16.9. The fourth-order valence-electron chi connectivity index (χ4n) is 4.47. The minimum Gasteiger partial charge on any atom is -0.331 e. The molecule has 0 radical (unpaired) electrons. The molecule has 0 aliphatic carbocycles. The number of hydrogen-bond donors (Lipinski definition) is 1. The van der Waals surface area contributed by atoms with E-state index in [-0.39, 0.29) is 11.8 Å². The Labute approximate surface area is 209 Å². The average Bonchev–Trinajstić information content (AvgIpc) is 3.16. The Hall–Kier alpha value is -2.73. The van der Waals surface area contributed by atoms with Gasteiger partial charge in [-0.1, -0.05) is 59.1 Å². The summed E-state index contributed by atoms with van der Waals surface area (Å²) in [5.74, 6) is 0.592. The van der Waals surface area contributed by atoms with Crippen molar-refractivity contribution in [2.45, 2.75) is 79.4 Å². The molecule has 0 atom stereocenters. The number of imidazole rings is 1. The van der Waals surface area contributed by atoms with Crippen LogP contribution >= 0.6 is 0 Å². The van der Waals surface area contributed by atoms with Crippen molar-refractivity contribution >= 4 is 16.9 Å². The van der Waals surface area contributed by atoms with E-state index >= 15 is 0 Å². The number of aryl methyl sites for hydroxylation is 1. The van der Waals surface area contributed by atoms with E-state index < -0.39 is 5.82 Å². The van der Waals surface area contributed by atoms with Crippen molar-refractivity contribution in [1.29, 1.82) is 0 Å². The summed E-state index contributed by atoms with van der Waals surface area (Å²) in [4.78, 5) is 20.1. The molecule has 1 N–H and O–H groups in total. The number of nitrogens with zero attached hydrogens (tertiary/aromatic N) is 3. The van der Waals surface area contributed by atoms with E-state index in [1.807, 2.05) is 0 Å². The number of carbonyl (C=O) groups is 1. The van der Waals surface area contributed by atoms with E-state index in [9.17, 15) is 9.18 Å². The molecule has 0 bridgehead atoms. The highest BCUT2D eigenvalue weighted by Gasteiger charge is 2.21. The summed E-state index contributed by atoms with van der Waals surface area (Å²) >= 11 is 0.